The zero-order valence-corrected chi connectivity index (χ0v) is 35.1. The Hall–Kier alpha value is -6.00. The van der Waals surface area contributed by atoms with E-state index in [1.54, 1.807) is 38.1 Å². The summed E-state index contributed by atoms with van der Waals surface area (Å²) in [5.74, 6) is -3.73. The van der Waals surface area contributed by atoms with Crippen LogP contribution in [0.25, 0.3) is 0 Å². The summed E-state index contributed by atoms with van der Waals surface area (Å²) in [5.41, 5.74) is 23.1. The molecule has 0 aromatic heterocycles. The van der Waals surface area contributed by atoms with Gasteiger partial charge in [-0.2, -0.15) is 12.6 Å². The Morgan fingerprint density at radius 2 is 1.20 bits per heavy atom. The highest BCUT2D eigenvalue weighted by Gasteiger charge is 2.27. The largest absolute Gasteiger partial charge is 0.481 e. The molecule has 0 radical (unpaired) electrons. The summed E-state index contributed by atoms with van der Waals surface area (Å²) in [5, 5.41) is 36.7. The molecule has 1 aromatic carbocycles. The van der Waals surface area contributed by atoms with Gasteiger partial charge in [-0.1, -0.05) is 24.3 Å². The van der Waals surface area contributed by atoms with Crippen LogP contribution in [0.4, 0.5) is 9.59 Å². The Labute approximate surface area is 355 Å². The molecule has 7 amide bonds. The van der Waals surface area contributed by atoms with Crippen LogP contribution in [-0.2, 0) is 36.9 Å². The normalized spacial score (nSPS) is 13.1. The zero-order chi connectivity index (χ0) is 45.0. The smallest absolute Gasteiger partial charge is 0.326 e. The summed E-state index contributed by atoms with van der Waals surface area (Å²) < 4.78 is 0. The number of hydrogen-bond donors (Lipinski definition) is 14. The van der Waals surface area contributed by atoms with Crippen LogP contribution < -0.4 is 60.2 Å². The monoisotopic (exact) mass is 865 g/mol. The van der Waals surface area contributed by atoms with Crippen molar-refractivity contribution < 1.29 is 43.8 Å². The predicted octanol–water partition coefficient (Wildman–Crippen LogP) is -1.28. The summed E-state index contributed by atoms with van der Waals surface area (Å²) >= 11 is 4.21. The van der Waals surface area contributed by atoms with Gasteiger partial charge in [0.25, 0.3) is 0 Å². The number of urea groups is 2. The summed E-state index contributed by atoms with van der Waals surface area (Å²) in [7, 11) is 0. The number of nitrogens with two attached hydrogens (primary N) is 4. The number of carbonyl (C=O) groups excluding carboxylic acids is 5. The minimum absolute atomic E-state index is 0.0534. The van der Waals surface area contributed by atoms with Crippen molar-refractivity contribution in [1.82, 2.24) is 37.2 Å². The van der Waals surface area contributed by atoms with Crippen LogP contribution in [0.2, 0.25) is 0 Å². The van der Waals surface area contributed by atoms with E-state index in [9.17, 15) is 38.7 Å². The highest BCUT2D eigenvalue weighted by molar-refractivity contribution is 7.80. The van der Waals surface area contributed by atoms with Crippen LogP contribution in [0.3, 0.4) is 0 Å². The minimum Gasteiger partial charge on any atom is -0.481 e. The number of rotatable bonds is 29. The van der Waals surface area contributed by atoms with Crippen molar-refractivity contribution in [2.24, 2.45) is 32.9 Å². The van der Waals surface area contributed by atoms with Gasteiger partial charge in [-0.25, -0.2) is 14.4 Å². The van der Waals surface area contributed by atoms with Gasteiger partial charge < -0.3 is 70.4 Å². The van der Waals surface area contributed by atoms with Gasteiger partial charge in [-0.15, -0.1) is 0 Å². The van der Waals surface area contributed by atoms with Crippen molar-refractivity contribution in [3.05, 3.63) is 35.4 Å². The van der Waals surface area contributed by atoms with Gasteiger partial charge in [0.1, 0.15) is 18.1 Å². The van der Waals surface area contributed by atoms with Crippen molar-refractivity contribution in [3.63, 3.8) is 0 Å². The van der Waals surface area contributed by atoms with Crippen molar-refractivity contribution in [2.45, 2.75) is 115 Å². The molecule has 0 bridgehead atoms. The molecule has 336 valence electrons. The fraction of sp³-hybridized carbons (Fsp3) is 0.595. The topological polar surface area (TPSA) is 373 Å². The number of amides is 7. The van der Waals surface area contributed by atoms with Crippen LogP contribution >= 0.6 is 12.6 Å². The average molecular weight is 866 g/mol. The van der Waals surface area contributed by atoms with Crippen LogP contribution in [0.1, 0.15) is 82.8 Å². The molecule has 0 aliphatic carbocycles. The Morgan fingerprint density at radius 3 is 1.75 bits per heavy atom. The Kier molecular flexibility index (Phi) is 25.4. The molecule has 0 heterocycles. The van der Waals surface area contributed by atoms with Crippen LogP contribution in [0.5, 0.6) is 0 Å². The Morgan fingerprint density at radius 1 is 0.633 bits per heavy atom. The summed E-state index contributed by atoms with van der Waals surface area (Å²) in [6, 6.07) is 2.06. The lowest BCUT2D eigenvalue weighted by Gasteiger charge is -2.24. The molecule has 17 N–H and O–H groups in total. The third kappa shape index (κ3) is 24.7. The number of carbonyl (C=O) groups is 7. The highest BCUT2D eigenvalue weighted by Crippen LogP contribution is 2.09. The molecule has 0 unspecified atom stereocenters. The second-order valence-corrected chi connectivity index (χ2v) is 14.5. The fourth-order valence-corrected chi connectivity index (χ4v) is 5.55. The third-order valence-electron chi connectivity index (χ3n) is 8.66. The van der Waals surface area contributed by atoms with E-state index in [2.05, 4.69) is 59.8 Å². The number of carboxylic acid groups (broad SMARTS) is 2. The first-order chi connectivity index (χ1) is 28.4. The van der Waals surface area contributed by atoms with E-state index in [-0.39, 0.29) is 75.4 Å². The van der Waals surface area contributed by atoms with E-state index >= 15 is 0 Å². The Balaban J connectivity index is 2.65. The summed E-state index contributed by atoms with van der Waals surface area (Å²) in [6.45, 7) is 4.56. The molecule has 0 spiro atoms. The molecule has 1 aromatic rings. The van der Waals surface area contributed by atoms with Gasteiger partial charge in [0.05, 0.1) is 6.42 Å². The maximum absolute atomic E-state index is 13.5. The number of carboxylic acids is 2. The highest BCUT2D eigenvalue weighted by atomic mass is 32.1. The van der Waals surface area contributed by atoms with E-state index in [0.717, 1.165) is 5.56 Å². The molecule has 0 fully saturated rings. The summed E-state index contributed by atoms with van der Waals surface area (Å²) in [6.07, 6.45) is 2.29. The number of guanidine groups is 2. The quantitative estimate of drug-likeness (QED) is 0.0193. The number of hydrogen-bond acceptors (Lipinski definition) is 10. The van der Waals surface area contributed by atoms with Gasteiger partial charge >= 0.3 is 24.0 Å². The van der Waals surface area contributed by atoms with Gasteiger partial charge in [-0.3, -0.25) is 29.2 Å². The molecular weight excluding hydrogens is 803 g/mol. The lowest BCUT2D eigenvalue weighted by Crippen LogP contribution is -2.55. The molecule has 23 heteroatoms. The lowest BCUT2D eigenvalue weighted by molar-refractivity contribution is -0.140. The molecule has 0 aliphatic heterocycles. The van der Waals surface area contributed by atoms with Crippen LogP contribution in [0.15, 0.2) is 34.3 Å². The third-order valence-corrected chi connectivity index (χ3v) is 9.20. The van der Waals surface area contributed by atoms with Gasteiger partial charge in [0, 0.05) is 50.4 Å². The number of unbranched alkanes of at least 4 members (excludes halogenated alkanes) is 1. The molecule has 0 aliphatic rings. The predicted molar refractivity (Wildman–Crippen MR) is 229 cm³/mol. The van der Waals surface area contributed by atoms with Crippen molar-refractivity contribution in [1.29, 1.82) is 0 Å². The number of nitrogens with one attached hydrogen (secondary N) is 7. The number of nitrogens with zero attached hydrogens (tertiary/aromatic N) is 2. The molecule has 22 nitrogen and oxygen atoms in total. The van der Waals surface area contributed by atoms with Crippen molar-refractivity contribution in [2.75, 3.05) is 25.4 Å². The zero-order valence-electron chi connectivity index (χ0n) is 34.2. The SMILES string of the molecule is C[C@H](CCCCNC(=O)NCc1ccc(CC(=O)N[C@@H](CCCN=C(N)N)C(=O)N[C@@H](CCCN=C(N)N)C(=O)N[C@H](C)CS)cc1)NC(=O)N[C@@H](CCC(=O)O)C(=O)O. The van der Waals surface area contributed by atoms with Crippen molar-refractivity contribution in [3.8, 4) is 0 Å². The molecule has 60 heavy (non-hydrogen) atoms. The first-order valence-electron chi connectivity index (χ1n) is 19.6. The van der Waals surface area contributed by atoms with Gasteiger partial charge in [0.15, 0.2) is 11.9 Å². The van der Waals surface area contributed by atoms with E-state index in [0.29, 0.717) is 50.0 Å². The maximum atomic E-state index is 13.5. The summed E-state index contributed by atoms with van der Waals surface area (Å²) in [4.78, 5) is 94.1. The van der Waals surface area contributed by atoms with Crippen LogP contribution in [-0.4, -0.2) is 119 Å². The molecule has 1 rings (SSSR count). The van der Waals surface area contributed by atoms with E-state index in [1.165, 1.54) is 0 Å². The van der Waals surface area contributed by atoms with Crippen LogP contribution in [0, 0.1) is 0 Å². The molecular formula is C37H63N13O9S. The standard InChI is InChI=1S/C37H63N13O9S/c1-22(47-37(59)50-28(33(56)57)14-15-30(52)53)7-3-4-16-44-36(58)45-20-25-12-10-24(11-13-25)19-29(51)48-26(8-5-17-42-34(38)39)32(55)49-27(9-6-18-43-35(40)41)31(54)46-23(2)21-60/h10-13,22-23,26-28,60H,3-9,14-21H2,1-2H3,(H,46,54)(H,48,51)(H,49,55)(H,52,53)(H,56,57)(H4,38,39,42)(H4,40,41,43)(H2,44,45,58)(H2,47,50,59)/t22-,23-,26+,27+,28+/m1/s1. The van der Waals surface area contributed by atoms with Gasteiger partial charge in [-0.05, 0) is 76.3 Å². The van der Waals surface area contributed by atoms with Gasteiger partial charge in [0.2, 0.25) is 17.7 Å². The average Bonchev–Trinajstić information content (AvgIpc) is 3.17. The first-order valence-corrected chi connectivity index (χ1v) is 20.3. The molecule has 5 atom stereocenters. The molecule has 0 saturated heterocycles. The number of aliphatic carboxylic acids is 2. The van der Waals surface area contributed by atoms with E-state index < -0.39 is 60.2 Å². The Bertz CT molecular complexity index is 1610. The van der Waals surface area contributed by atoms with Crippen molar-refractivity contribution >= 4 is 66.3 Å². The second kappa shape index (κ2) is 29.2. The lowest BCUT2D eigenvalue weighted by atomic mass is 10.1. The number of benzene rings is 1. The minimum atomic E-state index is -1.33. The van der Waals surface area contributed by atoms with E-state index in [4.69, 9.17) is 28.0 Å². The second-order valence-electron chi connectivity index (χ2n) is 14.1. The first kappa shape index (κ1) is 52.0. The maximum Gasteiger partial charge on any atom is 0.326 e. The van der Waals surface area contributed by atoms with E-state index in [1.807, 2.05) is 0 Å². The fourth-order valence-electron chi connectivity index (χ4n) is 5.46. The number of thiol groups is 1. The molecule has 0 saturated carbocycles. The number of aliphatic imine (C=N–C) groups is 2.